The van der Waals surface area contributed by atoms with Gasteiger partial charge in [0.15, 0.2) is 11.5 Å². The van der Waals surface area contributed by atoms with Gasteiger partial charge in [0, 0.05) is 23.3 Å². The lowest BCUT2D eigenvalue weighted by atomic mass is 9.38. The van der Waals surface area contributed by atoms with Gasteiger partial charge in [-0.3, -0.25) is 4.79 Å². The van der Waals surface area contributed by atoms with E-state index in [9.17, 15) is 54.9 Å². The lowest BCUT2D eigenvalue weighted by molar-refractivity contribution is -0.296. The van der Waals surface area contributed by atoms with Crippen molar-refractivity contribution in [2.75, 3.05) is 20.3 Å². The summed E-state index contributed by atoms with van der Waals surface area (Å²) in [6.45, 7) is 6.81. The van der Waals surface area contributed by atoms with E-state index in [-0.39, 0.29) is 30.8 Å². The quantitative estimate of drug-likeness (QED) is 0.0789. The number of allylic oxidation sites excluding steroid dienone is 2. The number of aliphatic hydroxyl groups is 7. The Morgan fingerprint density at radius 1 is 1.06 bits per heavy atom. The Bertz CT molecular complexity index is 1550. The van der Waals surface area contributed by atoms with Crippen molar-refractivity contribution >= 4 is 23.7 Å². The van der Waals surface area contributed by atoms with Crippen LogP contribution in [0.4, 0.5) is 0 Å². The number of carbonyl (C=O) groups is 4. The molecule has 3 saturated heterocycles. The van der Waals surface area contributed by atoms with Crippen LogP contribution in [0.25, 0.3) is 0 Å². The van der Waals surface area contributed by atoms with Crippen molar-refractivity contribution in [1.82, 2.24) is 0 Å². The van der Waals surface area contributed by atoms with E-state index < -0.39 is 131 Å². The fourth-order valence-electron chi connectivity index (χ4n) is 10.2. The molecule has 0 aromatic rings. The first kappa shape index (κ1) is 38.7. The number of Topliss-reactive ketones (excluding diaryl/α,β-unsaturated/α-hetero) is 1. The Labute approximate surface area is 299 Å². The number of fused-ring (bicyclic) bond motifs is 2. The number of hydrogen-bond donors (Lipinski definition) is 7. The smallest absolute Gasteiger partial charge is 0.348 e. The third kappa shape index (κ3) is 5.30. The zero-order valence-electron chi connectivity index (χ0n) is 29.7. The fourth-order valence-corrected chi connectivity index (χ4v) is 10.2. The highest BCUT2D eigenvalue weighted by Gasteiger charge is 2.85. The number of hydrogen-bond acceptors (Lipinski definition) is 17. The zero-order chi connectivity index (χ0) is 38.5. The second-order valence-corrected chi connectivity index (χ2v) is 15.6. The standard InChI is InChI=1S/C35H48O17/c1-7-14(32(3,4)46)8-19(37)52-25-27-34-12-48-35(27,31(45)47-6)28(43)24(42)26(34)33(5)10-16(20(38)13(2)15(33)9-18(34)51-29(25)44)49-30-23(41)22(40)21(39)17(11-36)50-30/h8,10,13,15,17-18,21-28,30,36,39-43,46H,7,9,11-12H2,1-6H3/b14-8-/t13-,15-,17+,18+,21+,22-,23+,24+,25+,26+,27+,28-,30+,33-,34+,35-/m0/s1. The van der Waals surface area contributed by atoms with Gasteiger partial charge in [-0.05, 0) is 49.7 Å². The van der Waals surface area contributed by atoms with Crippen molar-refractivity contribution < 1.29 is 83.3 Å². The first-order valence-corrected chi connectivity index (χ1v) is 17.4. The molecule has 5 fully saturated rings. The van der Waals surface area contributed by atoms with Crippen molar-refractivity contribution in [1.29, 1.82) is 0 Å². The SMILES string of the molecule is CC/C(=C/C(=O)O[C@H]1C(=O)O[C@@H]2C[C@H]3[C@H](C)C(=O)C(O[C@@H]4O[C@H](CO)[C@@H](O)[C@H](O)[C@H]4O)=C[C@]3(C)[C@H]3[C@@H](O)[C@H](O)[C@@]4(C(=O)OC)OC[C@]32[C@@H]14)C(C)(C)O. The number of methoxy groups -OCH3 is 1. The summed E-state index contributed by atoms with van der Waals surface area (Å²) in [6.07, 6.45) is -12.5. The molecule has 0 aromatic heterocycles. The van der Waals surface area contributed by atoms with Crippen LogP contribution in [0.15, 0.2) is 23.5 Å². The van der Waals surface area contributed by atoms with Gasteiger partial charge in [-0.1, -0.05) is 20.8 Å². The van der Waals surface area contributed by atoms with Crippen LogP contribution in [0.3, 0.4) is 0 Å². The van der Waals surface area contributed by atoms with E-state index in [1.807, 2.05) is 0 Å². The molecule has 0 unspecified atom stereocenters. The van der Waals surface area contributed by atoms with E-state index in [0.717, 1.165) is 13.2 Å². The van der Waals surface area contributed by atoms with Crippen LogP contribution in [-0.2, 0) is 47.6 Å². The second kappa shape index (κ2) is 13.1. The van der Waals surface area contributed by atoms with Gasteiger partial charge in [0.05, 0.1) is 37.9 Å². The molecule has 7 N–H and O–H groups in total. The molecular formula is C35H48O17. The molecule has 0 aromatic carbocycles. The van der Waals surface area contributed by atoms with Gasteiger partial charge < -0.3 is 64.2 Å². The second-order valence-electron chi connectivity index (χ2n) is 15.6. The Balaban J connectivity index is 1.47. The highest BCUT2D eigenvalue weighted by Crippen LogP contribution is 2.72. The third-order valence-corrected chi connectivity index (χ3v) is 12.6. The van der Waals surface area contributed by atoms with Gasteiger partial charge >= 0.3 is 17.9 Å². The van der Waals surface area contributed by atoms with Crippen LogP contribution in [0.5, 0.6) is 0 Å². The van der Waals surface area contributed by atoms with Crippen molar-refractivity contribution in [3.05, 3.63) is 23.5 Å². The van der Waals surface area contributed by atoms with E-state index in [1.165, 1.54) is 19.9 Å². The van der Waals surface area contributed by atoms with Gasteiger partial charge in [0.1, 0.15) is 36.6 Å². The molecule has 3 aliphatic heterocycles. The summed E-state index contributed by atoms with van der Waals surface area (Å²) >= 11 is 0. The number of esters is 3. The number of ether oxygens (including phenoxy) is 6. The lowest BCUT2D eigenvalue weighted by Gasteiger charge is -2.67. The molecule has 2 saturated carbocycles. The Kier molecular flexibility index (Phi) is 9.75. The topological polar surface area (TPSA) is 265 Å². The van der Waals surface area contributed by atoms with Gasteiger partial charge in [0.2, 0.25) is 18.0 Å². The number of carbonyl (C=O) groups excluding carboxylic acids is 4. The largest absolute Gasteiger partial charge is 0.467 e. The predicted octanol–water partition coefficient (Wildman–Crippen LogP) is -2.23. The maximum atomic E-state index is 13.9. The summed E-state index contributed by atoms with van der Waals surface area (Å²) in [5.74, 6) is -8.33. The summed E-state index contributed by atoms with van der Waals surface area (Å²) in [6, 6.07) is 0. The minimum absolute atomic E-state index is 0.00859. The fraction of sp³-hybridized carbons (Fsp3) is 0.771. The van der Waals surface area contributed by atoms with Gasteiger partial charge in [-0.15, -0.1) is 0 Å². The number of aliphatic hydroxyl groups excluding tert-OH is 6. The molecule has 3 heterocycles. The number of rotatable bonds is 8. The molecule has 290 valence electrons. The summed E-state index contributed by atoms with van der Waals surface area (Å²) in [5, 5.41) is 75.5. The summed E-state index contributed by atoms with van der Waals surface area (Å²) < 4.78 is 34.3. The molecule has 6 aliphatic rings. The van der Waals surface area contributed by atoms with Crippen LogP contribution >= 0.6 is 0 Å². The lowest BCUT2D eigenvalue weighted by Crippen LogP contribution is -2.79. The van der Waals surface area contributed by atoms with E-state index in [1.54, 1.807) is 20.8 Å². The third-order valence-electron chi connectivity index (χ3n) is 12.6. The molecular weight excluding hydrogens is 692 g/mol. The minimum atomic E-state index is -2.40. The monoisotopic (exact) mass is 740 g/mol. The molecule has 17 heteroatoms. The maximum Gasteiger partial charge on any atom is 0.348 e. The van der Waals surface area contributed by atoms with Gasteiger partial charge in [-0.25, -0.2) is 14.4 Å². The van der Waals surface area contributed by atoms with E-state index >= 15 is 0 Å². The summed E-state index contributed by atoms with van der Waals surface area (Å²) in [7, 11) is 1.04. The Morgan fingerprint density at radius 3 is 2.33 bits per heavy atom. The highest BCUT2D eigenvalue weighted by atomic mass is 16.7. The van der Waals surface area contributed by atoms with E-state index in [4.69, 9.17) is 28.4 Å². The van der Waals surface area contributed by atoms with Crippen LogP contribution in [-0.4, -0.2) is 146 Å². The van der Waals surface area contributed by atoms with Crippen LogP contribution < -0.4 is 0 Å². The summed E-state index contributed by atoms with van der Waals surface area (Å²) in [5.41, 5.74) is -6.40. The Morgan fingerprint density at radius 2 is 1.73 bits per heavy atom. The first-order valence-electron chi connectivity index (χ1n) is 17.4. The van der Waals surface area contributed by atoms with Crippen molar-refractivity contribution in [3.8, 4) is 0 Å². The predicted molar refractivity (Wildman–Crippen MR) is 170 cm³/mol. The summed E-state index contributed by atoms with van der Waals surface area (Å²) in [4.78, 5) is 54.8. The van der Waals surface area contributed by atoms with Crippen LogP contribution in [0.2, 0.25) is 0 Å². The van der Waals surface area contributed by atoms with Crippen molar-refractivity contribution in [2.24, 2.45) is 34.5 Å². The average molecular weight is 741 g/mol. The molecule has 0 amide bonds. The first-order chi connectivity index (χ1) is 24.3. The van der Waals surface area contributed by atoms with Crippen LogP contribution in [0.1, 0.15) is 47.5 Å². The van der Waals surface area contributed by atoms with E-state index in [0.29, 0.717) is 0 Å². The van der Waals surface area contributed by atoms with E-state index in [2.05, 4.69) is 0 Å². The Hall–Kier alpha value is -3.00. The zero-order valence-corrected chi connectivity index (χ0v) is 29.7. The highest BCUT2D eigenvalue weighted by molar-refractivity contribution is 5.97. The van der Waals surface area contributed by atoms with Crippen molar-refractivity contribution in [2.45, 2.75) is 114 Å². The molecule has 52 heavy (non-hydrogen) atoms. The van der Waals surface area contributed by atoms with Gasteiger partial charge in [-0.2, -0.15) is 0 Å². The minimum Gasteiger partial charge on any atom is -0.467 e. The molecule has 0 radical (unpaired) electrons. The molecule has 1 spiro atoms. The number of ketones is 1. The molecule has 17 nitrogen and oxygen atoms in total. The molecule has 2 bridgehead atoms. The van der Waals surface area contributed by atoms with Gasteiger partial charge in [0.25, 0.3) is 0 Å². The molecule has 16 atom stereocenters. The molecule has 6 rings (SSSR count). The maximum absolute atomic E-state index is 13.9. The average Bonchev–Trinajstić information content (AvgIpc) is 3.39. The van der Waals surface area contributed by atoms with Crippen molar-refractivity contribution in [3.63, 3.8) is 0 Å². The molecule has 3 aliphatic carbocycles. The van der Waals surface area contributed by atoms with Crippen LogP contribution in [0, 0.1) is 34.5 Å². The normalized spacial score (nSPS) is 47.1.